The molecular formula is C56H55N. The molecule has 7 aromatic carbocycles. The smallest absolute Gasteiger partial charge is 0.0465 e. The summed E-state index contributed by atoms with van der Waals surface area (Å²) < 4.78 is 0. The summed E-state index contributed by atoms with van der Waals surface area (Å²) in [6, 6.07) is 57.0. The van der Waals surface area contributed by atoms with Gasteiger partial charge in [0.25, 0.3) is 0 Å². The van der Waals surface area contributed by atoms with Crippen LogP contribution >= 0.6 is 0 Å². The summed E-state index contributed by atoms with van der Waals surface area (Å²) in [5, 5.41) is 0. The average Bonchev–Trinajstić information content (AvgIpc) is 3.57. The molecule has 2 aliphatic carbocycles. The van der Waals surface area contributed by atoms with Gasteiger partial charge in [0, 0.05) is 27.9 Å². The number of benzene rings is 7. The van der Waals surface area contributed by atoms with Crippen molar-refractivity contribution in [2.24, 2.45) is 0 Å². The fourth-order valence-corrected chi connectivity index (χ4v) is 9.78. The van der Waals surface area contributed by atoms with E-state index in [2.05, 4.69) is 226 Å². The van der Waals surface area contributed by atoms with Crippen LogP contribution in [0, 0.1) is 0 Å². The van der Waals surface area contributed by atoms with Gasteiger partial charge in [0.2, 0.25) is 0 Å². The number of fused-ring (bicyclic) bond motifs is 6. The van der Waals surface area contributed by atoms with Crippen LogP contribution in [0.4, 0.5) is 17.1 Å². The van der Waals surface area contributed by atoms with E-state index in [4.69, 9.17) is 0 Å². The number of anilines is 3. The lowest BCUT2D eigenvalue weighted by Gasteiger charge is -2.32. The Hall–Kier alpha value is -5.66. The minimum absolute atomic E-state index is 0.0186. The van der Waals surface area contributed by atoms with E-state index < -0.39 is 0 Å². The molecule has 0 saturated heterocycles. The van der Waals surface area contributed by atoms with Crippen LogP contribution in [-0.2, 0) is 21.7 Å². The van der Waals surface area contributed by atoms with Crippen molar-refractivity contribution in [2.45, 2.75) is 90.9 Å². The second kappa shape index (κ2) is 12.9. The summed E-state index contributed by atoms with van der Waals surface area (Å²) >= 11 is 0. The molecule has 0 saturated carbocycles. The molecule has 0 radical (unpaired) electrons. The average molecular weight is 742 g/mol. The number of hydrogen-bond acceptors (Lipinski definition) is 1. The van der Waals surface area contributed by atoms with Gasteiger partial charge in [-0.05, 0) is 125 Å². The maximum absolute atomic E-state index is 2.50. The molecule has 9 rings (SSSR count). The second-order valence-corrected chi connectivity index (χ2v) is 19.5. The van der Waals surface area contributed by atoms with Crippen molar-refractivity contribution in [1.29, 1.82) is 0 Å². The summed E-state index contributed by atoms with van der Waals surface area (Å²) in [6.07, 6.45) is 0. The largest absolute Gasteiger partial charge is 0.310 e. The van der Waals surface area contributed by atoms with Crippen molar-refractivity contribution >= 4 is 17.1 Å². The van der Waals surface area contributed by atoms with E-state index in [9.17, 15) is 0 Å². The molecule has 0 fully saturated rings. The van der Waals surface area contributed by atoms with Gasteiger partial charge < -0.3 is 4.90 Å². The Labute approximate surface area is 341 Å². The molecule has 0 aromatic heterocycles. The van der Waals surface area contributed by atoms with Crippen molar-refractivity contribution in [3.05, 3.63) is 185 Å². The number of nitrogens with zero attached hydrogens (tertiary/aromatic N) is 1. The van der Waals surface area contributed by atoms with Crippen LogP contribution in [0.2, 0.25) is 0 Å². The Balaban J connectivity index is 1.18. The minimum Gasteiger partial charge on any atom is -0.310 e. The maximum Gasteiger partial charge on any atom is 0.0465 e. The molecule has 0 amide bonds. The Morgan fingerprint density at radius 2 is 0.930 bits per heavy atom. The maximum atomic E-state index is 2.50. The topological polar surface area (TPSA) is 3.24 Å². The Bertz CT molecular complexity index is 2660. The minimum atomic E-state index is -0.108. The SMILES string of the molecule is CC(C)(C)c1cc2c(c(C(C)(C)C)c1)C(C)(C)c1cccc(-c3ccc(N(c4ccc(-c5ccccc5)cc4)c4ccc5c(c4)C(C)(C)c4ccccc4-5)cc3)c1-2. The summed E-state index contributed by atoms with van der Waals surface area (Å²) in [6.45, 7) is 23.7. The number of hydrogen-bond donors (Lipinski definition) is 0. The zero-order valence-electron chi connectivity index (χ0n) is 35.4. The highest BCUT2D eigenvalue weighted by atomic mass is 15.1. The first-order chi connectivity index (χ1) is 27.0. The molecule has 0 N–H and O–H groups in total. The molecule has 0 aliphatic heterocycles. The first kappa shape index (κ1) is 36.9. The quantitative estimate of drug-likeness (QED) is 0.170. The predicted octanol–water partition coefficient (Wildman–Crippen LogP) is 15.7. The molecule has 0 unspecified atom stereocenters. The second-order valence-electron chi connectivity index (χ2n) is 19.5. The van der Waals surface area contributed by atoms with Crippen molar-refractivity contribution in [2.75, 3.05) is 4.90 Å². The highest BCUT2D eigenvalue weighted by Gasteiger charge is 2.42. The van der Waals surface area contributed by atoms with Crippen LogP contribution < -0.4 is 4.90 Å². The van der Waals surface area contributed by atoms with E-state index in [1.807, 2.05) is 0 Å². The van der Waals surface area contributed by atoms with Gasteiger partial charge in [-0.25, -0.2) is 0 Å². The normalized spacial score (nSPS) is 14.8. The monoisotopic (exact) mass is 741 g/mol. The molecule has 0 bridgehead atoms. The van der Waals surface area contributed by atoms with Crippen molar-refractivity contribution in [3.63, 3.8) is 0 Å². The molecule has 2 aliphatic rings. The molecule has 0 heterocycles. The molecule has 1 nitrogen and oxygen atoms in total. The fraction of sp³-hybridized carbons (Fsp3) is 0.250. The lowest BCUT2D eigenvalue weighted by Crippen LogP contribution is -2.24. The molecule has 0 spiro atoms. The zero-order valence-corrected chi connectivity index (χ0v) is 35.4. The van der Waals surface area contributed by atoms with E-state index in [1.165, 1.54) is 77.9 Å². The van der Waals surface area contributed by atoms with E-state index in [0.717, 1.165) is 17.1 Å². The third-order valence-corrected chi connectivity index (χ3v) is 12.9. The van der Waals surface area contributed by atoms with Gasteiger partial charge in [-0.2, -0.15) is 0 Å². The van der Waals surface area contributed by atoms with Gasteiger partial charge in [0.15, 0.2) is 0 Å². The van der Waals surface area contributed by atoms with Gasteiger partial charge in [0.1, 0.15) is 0 Å². The van der Waals surface area contributed by atoms with Crippen molar-refractivity contribution in [3.8, 4) is 44.5 Å². The number of rotatable bonds is 5. The van der Waals surface area contributed by atoms with Crippen LogP contribution in [0.25, 0.3) is 44.5 Å². The van der Waals surface area contributed by atoms with Crippen LogP contribution in [0.1, 0.15) is 103 Å². The van der Waals surface area contributed by atoms with E-state index >= 15 is 0 Å². The summed E-state index contributed by atoms with van der Waals surface area (Å²) in [5.74, 6) is 0. The standard InChI is InChI=1S/C56H55N/c1-53(2,3)39-33-46-51-43(20-16-22-48(51)56(9,10)52(46)50(34-39)54(4,5)6)38-25-29-41(30-26-38)57(40-27-23-37(24-28-40)36-17-12-11-13-18-36)42-31-32-45-44-19-14-15-21-47(44)55(7,8)49(45)35-42/h11-35H,1-10H3. The third-order valence-electron chi connectivity index (χ3n) is 12.9. The Morgan fingerprint density at radius 1 is 0.386 bits per heavy atom. The molecular weight excluding hydrogens is 687 g/mol. The molecule has 1 heteroatoms. The van der Waals surface area contributed by atoms with Gasteiger partial charge in [0.05, 0.1) is 0 Å². The molecule has 7 aromatic rings. The van der Waals surface area contributed by atoms with Crippen molar-refractivity contribution in [1.82, 2.24) is 0 Å². The van der Waals surface area contributed by atoms with Crippen LogP contribution in [0.5, 0.6) is 0 Å². The van der Waals surface area contributed by atoms with E-state index in [1.54, 1.807) is 0 Å². The van der Waals surface area contributed by atoms with Gasteiger partial charge >= 0.3 is 0 Å². The van der Waals surface area contributed by atoms with Gasteiger partial charge in [-0.15, -0.1) is 0 Å². The Morgan fingerprint density at radius 3 is 1.58 bits per heavy atom. The van der Waals surface area contributed by atoms with Crippen LogP contribution in [0.15, 0.2) is 152 Å². The summed E-state index contributed by atoms with van der Waals surface area (Å²) in [5.41, 5.74) is 22.2. The highest BCUT2D eigenvalue weighted by Crippen LogP contribution is 2.56. The molecule has 284 valence electrons. The Kier molecular flexibility index (Phi) is 8.38. The van der Waals surface area contributed by atoms with Crippen LogP contribution in [0.3, 0.4) is 0 Å². The first-order valence-corrected chi connectivity index (χ1v) is 20.7. The zero-order chi connectivity index (χ0) is 40.1. The molecule has 57 heavy (non-hydrogen) atoms. The summed E-state index contributed by atoms with van der Waals surface area (Å²) in [4.78, 5) is 2.43. The third kappa shape index (κ3) is 5.97. The van der Waals surface area contributed by atoms with E-state index in [-0.39, 0.29) is 21.7 Å². The van der Waals surface area contributed by atoms with Crippen molar-refractivity contribution < 1.29 is 0 Å². The summed E-state index contributed by atoms with van der Waals surface area (Å²) in [7, 11) is 0. The lowest BCUT2D eigenvalue weighted by molar-refractivity contribution is 0.545. The van der Waals surface area contributed by atoms with E-state index in [0.29, 0.717) is 0 Å². The fourth-order valence-electron chi connectivity index (χ4n) is 9.78. The predicted molar refractivity (Wildman–Crippen MR) is 245 cm³/mol. The van der Waals surface area contributed by atoms with Gasteiger partial charge in [-0.3, -0.25) is 0 Å². The van der Waals surface area contributed by atoms with Gasteiger partial charge in [-0.1, -0.05) is 184 Å². The molecule has 0 atom stereocenters. The van der Waals surface area contributed by atoms with Crippen LogP contribution in [-0.4, -0.2) is 0 Å². The highest BCUT2D eigenvalue weighted by molar-refractivity contribution is 5.94. The first-order valence-electron chi connectivity index (χ1n) is 20.7. The lowest BCUT2D eigenvalue weighted by atomic mass is 9.71.